The van der Waals surface area contributed by atoms with E-state index in [0.717, 1.165) is 38.2 Å². The Balaban J connectivity index is 1.70. The van der Waals surface area contributed by atoms with Gasteiger partial charge in [-0.25, -0.2) is 4.39 Å². The van der Waals surface area contributed by atoms with E-state index in [1.165, 1.54) is 16.7 Å². The van der Waals surface area contributed by atoms with Gasteiger partial charge in [-0.3, -0.25) is 14.4 Å². The maximum Gasteiger partial charge on any atom is 0.310 e. The van der Waals surface area contributed by atoms with Crippen LogP contribution in [0.3, 0.4) is 0 Å². The maximum atomic E-state index is 13.0. The van der Waals surface area contributed by atoms with Crippen molar-refractivity contribution in [3.05, 3.63) is 78.4 Å². The van der Waals surface area contributed by atoms with Gasteiger partial charge in [-0.15, -0.1) is 0 Å². The minimum absolute atomic E-state index is 0.103. The van der Waals surface area contributed by atoms with Crippen molar-refractivity contribution >= 4 is 50.8 Å². The van der Waals surface area contributed by atoms with Crippen LogP contribution in [0.2, 0.25) is 0 Å². The molecule has 3 aromatic rings. The average Bonchev–Trinajstić information content (AvgIpc) is 3.13. The molecule has 0 unspecified atom stereocenters. The molecule has 7 heteroatoms. The number of hydrogen-bond donors (Lipinski definition) is 1. The second-order valence-corrected chi connectivity index (χ2v) is 7.70. The molecule has 0 fully saturated rings. The van der Waals surface area contributed by atoms with E-state index in [1.54, 1.807) is 24.4 Å². The van der Waals surface area contributed by atoms with E-state index in [2.05, 4.69) is 20.9 Å². The number of benzene rings is 2. The second kappa shape index (κ2) is 6.66. The standard InChI is InChI=1S/C19H12BrFN2O2S/c20-13-3-6-16-15(8-13)12(9-22-16)7-17-18(24)23(19(25)26-17)10-11-1-4-14(21)5-2-11/h1-9,24H,10H2/b12-7-. The van der Waals surface area contributed by atoms with Gasteiger partial charge in [0, 0.05) is 21.8 Å². The molecule has 0 atom stereocenters. The van der Waals surface area contributed by atoms with E-state index >= 15 is 0 Å². The van der Waals surface area contributed by atoms with Gasteiger partial charge >= 0.3 is 4.87 Å². The van der Waals surface area contributed by atoms with Crippen LogP contribution < -0.4 is 4.87 Å². The van der Waals surface area contributed by atoms with E-state index in [-0.39, 0.29) is 23.1 Å². The van der Waals surface area contributed by atoms with Crippen LogP contribution in [0.1, 0.15) is 16.0 Å². The molecule has 0 saturated carbocycles. The molecule has 0 radical (unpaired) electrons. The van der Waals surface area contributed by atoms with Gasteiger partial charge in [-0.05, 0) is 42.0 Å². The number of aromatic nitrogens is 1. The molecule has 0 amide bonds. The summed E-state index contributed by atoms with van der Waals surface area (Å²) < 4.78 is 15.2. The van der Waals surface area contributed by atoms with E-state index in [4.69, 9.17) is 0 Å². The molecule has 4 nitrogen and oxygen atoms in total. The fourth-order valence-electron chi connectivity index (χ4n) is 2.74. The van der Waals surface area contributed by atoms with Crippen LogP contribution in [-0.4, -0.2) is 15.9 Å². The Hall–Kier alpha value is -2.51. The van der Waals surface area contributed by atoms with Crippen molar-refractivity contribution in [3.8, 4) is 5.88 Å². The lowest BCUT2D eigenvalue weighted by Crippen LogP contribution is -2.13. The zero-order valence-electron chi connectivity index (χ0n) is 13.3. The number of nitrogens with zero attached hydrogens (tertiary/aromatic N) is 2. The first-order chi connectivity index (χ1) is 12.5. The second-order valence-electron chi connectivity index (χ2n) is 5.79. The Bertz CT molecular complexity index is 1110. The largest absolute Gasteiger partial charge is 0.493 e. The number of hydrogen-bond acceptors (Lipinski definition) is 4. The zero-order valence-corrected chi connectivity index (χ0v) is 15.7. The summed E-state index contributed by atoms with van der Waals surface area (Å²) in [6.45, 7) is 0.181. The summed E-state index contributed by atoms with van der Waals surface area (Å²) in [7, 11) is 0. The maximum absolute atomic E-state index is 13.0. The van der Waals surface area contributed by atoms with Gasteiger partial charge in [-0.1, -0.05) is 39.4 Å². The summed E-state index contributed by atoms with van der Waals surface area (Å²) >= 11 is 4.40. The molecule has 2 heterocycles. The lowest BCUT2D eigenvalue weighted by molar-refractivity contribution is 0.420. The monoisotopic (exact) mass is 430 g/mol. The number of thiazole rings is 1. The van der Waals surface area contributed by atoms with Crippen LogP contribution in [0.4, 0.5) is 10.1 Å². The van der Waals surface area contributed by atoms with Crippen molar-refractivity contribution in [2.24, 2.45) is 4.99 Å². The third-order valence-electron chi connectivity index (χ3n) is 4.05. The number of fused-ring (bicyclic) bond motifs is 1. The van der Waals surface area contributed by atoms with Crippen LogP contribution in [-0.2, 0) is 6.54 Å². The Morgan fingerprint density at radius 2 is 2.00 bits per heavy atom. The first kappa shape index (κ1) is 16.9. The van der Waals surface area contributed by atoms with E-state index in [9.17, 15) is 14.3 Å². The average molecular weight is 431 g/mol. The highest BCUT2D eigenvalue weighted by molar-refractivity contribution is 9.10. The summed E-state index contributed by atoms with van der Waals surface area (Å²) in [6.07, 6.45) is 3.47. The molecule has 0 bridgehead atoms. The van der Waals surface area contributed by atoms with Crippen LogP contribution in [0.5, 0.6) is 5.88 Å². The first-order valence-corrected chi connectivity index (χ1v) is 9.35. The third-order valence-corrected chi connectivity index (χ3v) is 5.46. The van der Waals surface area contributed by atoms with Gasteiger partial charge in [0.05, 0.1) is 17.1 Å². The number of aromatic hydroxyl groups is 1. The van der Waals surface area contributed by atoms with Gasteiger partial charge < -0.3 is 5.11 Å². The highest BCUT2D eigenvalue weighted by Crippen LogP contribution is 2.36. The lowest BCUT2D eigenvalue weighted by atomic mass is 10.1. The minimum Gasteiger partial charge on any atom is -0.493 e. The molecular formula is C19H12BrFN2O2S. The third kappa shape index (κ3) is 3.15. The predicted molar refractivity (Wildman–Crippen MR) is 106 cm³/mol. The molecule has 4 rings (SSSR count). The smallest absolute Gasteiger partial charge is 0.310 e. The Kier molecular flexibility index (Phi) is 4.34. The molecule has 0 saturated heterocycles. The van der Waals surface area contributed by atoms with Gasteiger partial charge in [-0.2, -0.15) is 0 Å². The number of allylic oxidation sites excluding steroid dienone is 1. The summed E-state index contributed by atoms with van der Waals surface area (Å²) in [6, 6.07) is 11.6. The molecule has 1 N–H and O–H groups in total. The van der Waals surface area contributed by atoms with Gasteiger partial charge in [0.25, 0.3) is 0 Å². The van der Waals surface area contributed by atoms with Crippen LogP contribution in [0.15, 0.2) is 56.7 Å². The lowest BCUT2D eigenvalue weighted by Gasteiger charge is -2.04. The Morgan fingerprint density at radius 1 is 1.23 bits per heavy atom. The van der Waals surface area contributed by atoms with Gasteiger partial charge in [0.1, 0.15) is 5.82 Å². The fraction of sp³-hybridized carbons (Fsp3) is 0.0526. The van der Waals surface area contributed by atoms with Crippen LogP contribution in [0.25, 0.3) is 11.6 Å². The molecule has 0 aliphatic carbocycles. The van der Waals surface area contributed by atoms with E-state index < -0.39 is 0 Å². The first-order valence-electron chi connectivity index (χ1n) is 7.74. The summed E-state index contributed by atoms with van der Waals surface area (Å²) in [4.78, 5) is 16.8. The summed E-state index contributed by atoms with van der Waals surface area (Å²) in [5.74, 6) is -0.444. The van der Waals surface area contributed by atoms with E-state index in [1.807, 2.05) is 18.2 Å². The SMILES string of the molecule is O=c1sc(/C=C2/C=Nc3ccc(Br)cc32)c(O)n1Cc1ccc(F)cc1. The van der Waals surface area contributed by atoms with Crippen LogP contribution >= 0.6 is 27.3 Å². The summed E-state index contributed by atoms with van der Waals surface area (Å²) in [5.41, 5.74) is 3.34. The van der Waals surface area contributed by atoms with Gasteiger partial charge in [0.15, 0.2) is 0 Å². The Morgan fingerprint density at radius 3 is 2.77 bits per heavy atom. The number of aliphatic imine (C=N–C) groups is 1. The highest BCUT2D eigenvalue weighted by Gasteiger charge is 2.17. The zero-order chi connectivity index (χ0) is 18.3. The normalized spacial score (nSPS) is 14.2. The number of halogens is 2. The minimum atomic E-state index is -0.341. The van der Waals surface area contributed by atoms with Crippen molar-refractivity contribution in [1.82, 2.24) is 4.57 Å². The molecule has 130 valence electrons. The molecule has 0 spiro atoms. The molecule has 1 aliphatic rings. The van der Waals surface area contributed by atoms with Crippen molar-refractivity contribution in [1.29, 1.82) is 0 Å². The predicted octanol–water partition coefficient (Wildman–Crippen LogP) is 4.82. The quantitative estimate of drug-likeness (QED) is 0.647. The summed E-state index contributed by atoms with van der Waals surface area (Å²) in [5, 5.41) is 10.5. The molecular weight excluding hydrogens is 419 g/mol. The fourth-order valence-corrected chi connectivity index (χ4v) is 3.93. The molecule has 1 aliphatic heterocycles. The molecule has 26 heavy (non-hydrogen) atoms. The van der Waals surface area contributed by atoms with Crippen molar-refractivity contribution in [3.63, 3.8) is 0 Å². The van der Waals surface area contributed by atoms with E-state index in [0.29, 0.717) is 4.88 Å². The van der Waals surface area contributed by atoms with Crippen molar-refractivity contribution in [2.45, 2.75) is 6.54 Å². The highest BCUT2D eigenvalue weighted by atomic mass is 79.9. The molecule has 2 aromatic carbocycles. The topological polar surface area (TPSA) is 54.6 Å². The van der Waals surface area contributed by atoms with Crippen molar-refractivity contribution < 1.29 is 9.50 Å². The number of rotatable bonds is 3. The van der Waals surface area contributed by atoms with Gasteiger partial charge in [0.2, 0.25) is 5.88 Å². The molecule has 1 aromatic heterocycles. The Labute approximate surface area is 160 Å². The van der Waals surface area contributed by atoms with Crippen LogP contribution in [0, 0.1) is 5.82 Å². The van der Waals surface area contributed by atoms with Crippen molar-refractivity contribution in [2.75, 3.05) is 0 Å².